The minimum atomic E-state index is -0.378. The van der Waals surface area contributed by atoms with E-state index in [1.807, 2.05) is 36.4 Å². The first-order chi connectivity index (χ1) is 42.3. The smallest absolute Gasteiger partial charge is 0.238 e. The summed E-state index contributed by atoms with van der Waals surface area (Å²) in [6.45, 7) is 18.4. The lowest BCUT2D eigenvalue weighted by Crippen LogP contribution is -2.16. The van der Waals surface area contributed by atoms with Crippen molar-refractivity contribution >= 4 is 21.9 Å². The maximum Gasteiger partial charge on any atom is 0.238 e. The number of aromatic nitrogens is 6. The van der Waals surface area contributed by atoms with Crippen molar-refractivity contribution in [2.45, 2.75) is 60.8 Å². The lowest BCUT2D eigenvalue weighted by atomic mass is 9.79. The molecule has 1 aliphatic carbocycles. The maximum atomic E-state index is 5.63. The molecule has 418 valence electrons. The molecule has 0 fully saturated rings. The topological polar surface area (TPSA) is 61.4 Å². The first-order valence-electron chi connectivity index (χ1n) is 30.1. The minimum Gasteiger partial charge on any atom is -0.323 e. The number of hydrogen-bond donors (Lipinski definition) is 0. The van der Waals surface area contributed by atoms with Crippen LogP contribution in [0.1, 0.15) is 58.4 Å². The number of rotatable bonds is 10. The van der Waals surface area contributed by atoms with E-state index in [4.69, 9.17) is 19.9 Å². The molecule has 0 atom stereocenters. The molecule has 0 radical (unpaired) electrons. The van der Waals surface area contributed by atoms with E-state index in [2.05, 4.69) is 271 Å². The molecule has 4 heterocycles. The van der Waals surface area contributed by atoms with Gasteiger partial charge in [0.1, 0.15) is 0 Å². The lowest BCUT2D eigenvalue weighted by molar-refractivity contribution is 0.659. The zero-order valence-electron chi connectivity index (χ0n) is 50.3. The van der Waals surface area contributed by atoms with Crippen LogP contribution in [0.15, 0.2) is 243 Å². The Morgan fingerprint density at radius 3 is 1.40 bits per heavy atom. The molecular weight excluding hydrogens is 1060 g/mol. The zero-order chi connectivity index (χ0) is 59.2. The van der Waals surface area contributed by atoms with E-state index in [1.54, 1.807) is 0 Å². The van der Waals surface area contributed by atoms with Crippen LogP contribution < -0.4 is 0 Å². The second-order valence-electron chi connectivity index (χ2n) is 24.2. The fourth-order valence-electron chi connectivity index (χ4n) is 14.0. The third-order valence-corrected chi connectivity index (χ3v) is 18.1. The predicted molar refractivity (Wildman–Crippen MR) is 361 cm³/mol. The number of nitrogens with zero attached hydrogens (tertiary/aromatic N) is 6. The Morgan fingerprint density at radius 2 is 0.828 bits per heavy atom. The summed E-state index contributed by atoms with van der Waals surface area (Å²) in [5.41, 5.74) is 32.3. The molecule has 0 amide bonds. The van der Waals surface area contributed by atoms with Crippen LogP contribution in [0.5, 0.6) is 0 Å². The molecule has 4 aromatic heterocycles. The SMILES string of the molecule is Cc1cc(-c2ccccc2)cc(-c2c(C)c(-c3cc(C)cc(-c4ccccc4)c3)c(C)c(-c3cccc(-c4cn(-c5ccc6c(c5)C(C)(C)c5cc7c(nc5-6)c5ccccc5n7-c5nc(-c6ccccc6)nc(-c6ccccc6)n5)cc4C)c3)c2C)c1. The van der Waals surface area contributed by atoms with Gasteiger partial charge in [-0.25, -0.2) is 9.97 Å². The molecule has 6 heteroatoms. The molecule has 1 aliphatic rings. The van der Waals surface area contributed by atoms with E-state index in [0.29, 0.717) is 17.6 Å². The highest BCUT2D eigenvalue weighted by atomic mass is 15.2. The van der Waals surface area contributed by atoms with Crippen molar-refractivity contribution in [2.75, 3.05) is 0 Å². The zero-order valence-corrected chi connectivity index (χ0v) is 50.3. The van der Waals surface area contributed by atoms with Gasteiger partial charge in [-0.05, 0) is 190 Å². The second kappa shape index (κ2) is 20.9. The minimum absolute atomic E-state index is 0.378. The number of fused-ring (bicyclic) bond motifs is 6. The van der Waals surface area contributed by atoms with Crippen LogP contribution in [0.3, 0.4) is 0 Å². The van der Waals surface area contributed by atoms with E-state index >= 15 is 0 Å². The Balaban J connectivity index is 0.826. The number of hydrogen-bond acceptors (Lipinski definition) is 4. The summed E-state index contributed by atoms with van der Waals surface area (Å²) >= 11 is 0. The quantitative estimate of drug-likeness (QED) is 0.137. The molecule has 87 heavy (non-hydrogen) atoms. The molecule has 14 aromatic rings. The molecule has 0 aliphatic heterocycles. The van der Waals surface area contributed by atoms with Crippen molar-refractivity contribution < 1.29 is 0 Å². The van der Waals surface area contributed by atoms with E-state index in [0.717, 1.165) is 50.0 Å². The van der Waals surface area contributed by atoms with Gasteiger partial charge in [-0.3, -0.25) is 4.57 Å². The average molecular weight is 1120 g/mol. The van der Waals surface area contributed by atoms with Crippen molar-refractivity contribution in [3.63, 3.8) is 0 Å². The van der Waals surface area contributed by atoms with Gasteiger partial charge in [0.25, 0.3) is 0 Å². The van der Waals surface area contributed by atoms with E-state index in [9.17, 15) is 0 Å². The largest absolute Gasteiger partial charge is 0.323 e. The van der Waals surface area contributed by atoms with Gasteiger partial charge in [0.2, 0.25) is 5.95 Å². The molecule has 0 N–H and O–H groups in total. The average Bonchev–Trinajstić information content (AvgIpc) is 1.63. The van der Waals surface area contributed by atoms with Crippen molar-refractivity contribution in [3.8, 4) is 112 Å². The Morgan fingerprint density at radius 1 is 0.345 bits per heavy atom. The van der Waals surface area contributed by atoms with Gasteiger partial charge < -0.3 is 4.57 Å². The van der Waals surface area contributed by atoms with Gasteiger partial charge in [0.05, 0.1) is 22.2 Å². The Hall–Kier alpha value is -10.6. The molecule has 0 unspecified atom stereocenters. The molecule has 15 rings (SSSR count). The highest BCUT2D eigenvalue weighted by Gasteiger charge is 2.38. The van der Waals surface area contributed by atoms with Crippen LogP contribution in [-0.4, -0.2) is 29.1 Å². The molecule has 10 aromatic carbocycles. The summed E-state index contributed by atoms with van der Waals surface area (Å²) in [5.74, 6) is 1.78. The third kappa shape index (κ3) is 9.10. The second-order valence-corrected chi connectivity index (χ2v) is 24.2. The molecule has 0 saturated heterocycles. The van der Waals surface area contributed by atoms with Gasteiger partial charge in [-0.1, -0.05) is 202 Å². The monoisotopic (exact) mass is 1120 g/mol. The predicted octanol–water partition coefficient (Wildman–Crippen LogP) is 20.6. The molecule has 6 nitrogen and oxygen atoms in total. The number of aryl methyl sites for hydroxylation is 3. The molecule has 0 bridgehead atoms. The summed E-state index contributed by atoms with van der Waals surface area (Å²) < 4.78 is 4.49. The van der Waals surface area contributed by atoms with Crippen molar-refractivity contribution in [3.05, 3.63) is 287 Å². The van der Waals surface area contributed by atoms with Crippen molar-refractivity contribution in [2.24, 2.45) is 0 Å². The normalized spacial score (nSPS) is 12.5. The van der Waals surface area contributed by atoms with Crippen molar-refractivity contribution in [1.82, 2.24) is 29.1 Å². The van der Waals surface area contributed by atoms with Gasteiger partial charge in [-0.2, -0.15) is 9.97 Å². The van der Waals surface area contributed by atoms with Crippen LogP contribution in [0, 0.1) is 41.5 Å². The summed E-state index contributed by atoms with van der Waals surface area (Å²) in [5, 5.41) is 1.04. The molecule has 0 saturated carbocycles. The third-order valence-electron chi connectivity index (χ3n) is 18.1. The summed E-state index contributed by atoms with van der Waals surface area (Å²) in [6, 6.07) is 83.0. The van der Waals surface area contributed by atoms with Crippen LogP contribution in [0.2, 0.25) is 0 Å². The fraction of sp³-hybridized carbons (Fsp3) is 0.111. The van der Waals surface area contributed by atoms with Gasteiger partial charge in [-0.15, -0.1) is 0 Å². The number of benzene rings is 10. The summed E-state index contributed by atoms with van der Waals surface area (Å²) in [4.78, 5) is 21.1. The maximum absolute atomic E-state index is 5.63. The first-order valence-corrected chi connectivity index (χ1v) is 30.1. The fourth-order valence-corrected chi connectivity index (χ4v) is 14.0. The summed E-state index contributed by atoms with van der Waals surface area (Å²) in [6.07, 6.45) is 4.60. The number of pyridine rings is 1. The van der Waals surface area contributed by atoms with Crippen LogP contribution in [0.4, 0.5) is 0 Å². The lowest BCUT2D eigenvalue weighted by Gasteiger charge is -2.25. The first kappa shape index (κ1) is 53.2. The van der Waals surface area contributed by atoms with Crippen molar-refractivity contribution in [1.29, 1.82) is 0 Å². The van der Waals surface area contributed by atoms with E-state index in [-0.39, 0.29) is 5.41 Å². The standard InChI is InChI=1S/C81H64N6/c1-49-38-61(55-24-13-9-14-25-55)43-63(40-49)74-52(4)73(53(5)75(54(74)6)64-41-50(2)39-62(44-64)56-26-15-10-16-27-56)60-33-23-32-59(42-60)68-48-86(47-51(68)3)65-36-37-66-69(45-65)81(7,8)70-46-72-77(82-76(66)70)67-34-21-22-35-71(67)87(72)80-84-78(57-28-17-11-18-29-57)83-79(85-80)58-30-19-12-20-31-58/h9-48H,1-8H3. The van der Waals surface area contributed by atoms with E-state index < -0.39 is 0 Å². The van der Waals surface area contributed by atoms with Crippen LogP contribution in [-0.2, 0) is 5.41 Å². The molecule has 0 spiro atoms. The number of para-hydroxylation sites is 1. The highest BCUT2D eigenvalue weighted by molar-refractivity contribution is 6.08. The Kier molecular flexibility index (Phi) is 12.8. The van der Waals surface area contributed by atoms with Gasteiger partial charge >= 0.3 is 0 Å². The van der Waals surface area contributed by atoms with Crippen LogP contribution >= 0.6 is 0 Å². The van der Waals surface area contributed by atoms with Gasteiger partial charge in [0, 0.05) is 51.1 Å². The highest BCUT2D eigenvalue weighted by Crippen LogP contribution is 2.51. The molecular formula is C81H64N6. The van der Waals surface area contributed by atoms with E-state index in [1.165, 1.54) is 111 Å². The van der Waals surface area contributed by atoms with Gasteiger partial charge in [0.15, 0.2) is 11.6 Å². The summed E-state index contributed by atoms with van der Waals surface area (Å²) in [7, 11) is 0. The van der Waals surface area contributed by atoms with Crippen LogP contribution in [0.25, 0.3) is 134 Å². The Labute approximate surface area is 508 Å². The Bertz CT molecular complexity index is 4880.